The van der Waals surface area contributed by atoms with Crippen LogP contribution in [0.25, 0.3) is 11.4 Å². The van der Waals surface area contributed by atoms with Crippen molar-refractivity contribution < 1.29 is 4.79 Å². The molecule has 1 aliphatic carbocycles. The summed E-state index contributed by atoms with van der Waals surface area (Å²) in [6.07, 6.45) is 2.28. The molecule has 0 aliphatic heterocycles. The number of amides is 1. The molecule has 2 aromatic heterocycles. The number of aromatic nitrogens is 5. The Balaban J connectivity index is 1.32. The molecule has 0 spiro atoms. The summed E-state index contributed by atoms with van der Waals surface area (Å²) in [5.41, 5.74) is 4.43. The maximum atomic E-state index is 12.8. The van der Waals surface area contributed by atoms with Crippen LogP contribution >= 0.6 is 11.8 Å². The molecule has 0 atom stereocenters. The summed E-state index contributed by atoms with van der Waals surface area (Å²) >= 11 is 1.40. The van der Waals surface area contributed by atoms with Crippen molar-refractivity contribution in [1.29, 1.82) is 0 Å². The minimum Gasteiger partial charge on any atom is -0.322 e. The van der Waals surface area contributed by atoms with Crippen molar-refractivity contribution in [1.82, 2.24) is 24.5 Å². The van der Waals surface area contributed by atoms with E-state index in [0.29, 0.717) is 5.92 Å². The lowest BCUT2D eigenvalue weighted by molar-refractivity contribution is -0.113. The van der Waals surface area contributed by atoms with E-state index < -0.39 is 0 Å². The van der Waals surface area contributed by atoms with Gasteiger partial charge >= 0.3 is 0 Å². The number of hydrogen-bond donors (Lipinski definition) is 1. The fourth-order valence-electron chi connectivity index (χ4n) is 3.75. The second-order valence-corrected chi connectivity index (χ2v) is 8.86. The molecule has 0 radical (unpaired) electrons. The number of nitrogens with one attached hydrogen (secondary N) is 1. The number of nitrogens with zero attached hydrogens (tertiary/aromatic N) is 5. The van der Waals surface area contributed by atoms with Crippen LogP contribution in [-0.4, -0.2) is 36.2 Å². The highest BCUT2D eigenvalue weighted by atomic mass is 32.2. The molecule has 2 aromatic carbocycles. The number of thioether (sulfide) groups is 1. The molecule has 2 heterocycles. The van der Waals surface area contributed by atoms with E-state index in [0.717, 1.165) is 52.3 Å². The average molecular weight is 445 g/mol. The summed E-state index contributed by atoms with van der Waals surface area (Å²) in [4.78, 5) is 12.8. The molecule has 32 heavy (non-hydrogen) atoms. The molecule has 1 amide bonds. The Labute approximate surface area is 190 Å². The zero-order valence-corrected chi connectivity index (χ0v) is 18.8. The molecule has 0 saturated heterocycles. The Hall–Kier alpha value is -3.39. The fraction of sp³-hybridized carbons (Fsp3) is 0.250. The third-order valence-electron chi connectivity index (χ3n) is 5.50. The Morgan fingerprint density at radius 2 is 1.66 bits per heavy atom. The summed E-state index contributed by atoms with van der Waals surface area (Å²) in [6, 6.07) is 20.0. The zero-order valence-electron chi connectivity index (χ0n) is 18.0. The molecule has 5 rings (SSSR count). The number of benzene rings is 2. The van der Waals surface area contributed by atoms with Crippen molar-refractivity contribution >= 4 is 23.4 Å². The molecule has 1 fully saturated rings. The third-order valence-corrected chi connectivity index (χ3v) is 6.43. The van der Waals surface area contributed by atoms with E-state index in [1.807, 2.05) is 79.2 Å². The molecule has 1 saturated carbocycles. The van der Waals surface area contributed by atoms with Crippen molar-refractivity contribution in [3.63, 3.8) is 0 Å². The van der Waals surface area contributed by atoms with Crippen LogP contribution in [0.15, 0.2) is 65.8 Å². The minimum atomic E-state index is -0.0932. The molecule has 7 nitrogen and oxygen atoms in total. The molecule has 1 N–H and O–H groups in total. The van der Waals surface area contributed by atoms with Crippen molar-refractivity contribution in [2.45, 2.75) is 37.8 Å². The first-order chi connectivity index (χ1) is 15.6. The first-order valence-electron chi connectivity index (χ1n) is 10.7. The highest BCUT2D eigenvalue weighted by molar-refractivity contribution is 7.99. The van der Waals surface area contributed by atoms with Crippen molar-refractivity contribution in [2.75, 3.05) is 11.1 Å². The fourth-order valence-corrected chi connectivity index (χ4v) is 4.51. The lowest BCUT2D eigenvalue weighted by atomic mass is 10.3. The van der Waals surface area contributed by atoms with Gasteiger partial charge in [-0.3, -0.25) is 9.36 Å². The van der Waals surface area contributed by atoms with E-state index in [4.69, 9.17) is 0 Å². The van der Waals surface area contributed by atoms with Gasteiger partial charge in [0.05, 0.1) is 28.5 Å². The molecular weight excluding hydrogens is 420 g/mol. The first kappa shape index (κ1) is 20.5. The van der Waals surface area contributed by atoms with Gasteiger partial charge < -0.3 is 5.32 Å². The monoisotopic (exact) mass is 444 g/mol. The predicted molar refractivity (Wildman–Crippen MR) is 126 cm³/mol. The number of aryl methyl sites for hydroxylation is 1. The third kappa shape index (κ3) is 4.05. The number of anilines is 1. The van der Waals surface area contributed by atoms with Crippen LogP contribution < -0.4 is 5.32 Å². The van der Waals surface area contributed by atoms with Crippen LogP contribution in [0.2, 0.25) is 0 Å². The van der Waals surface area contributed by atoms with Crippen molar-refractivity contribution in [3.05, 3.63) is 77.9 Å². The maximum Gasteiger partial charge on any atom is 0.234 e. The van der Waals surface area contributed by atoms with Crippen LogP contribution in [0.5, 0.6) is 0 Å². The smallest absolute Gasteiger partial charge is 0.234 e. The average Bonchev–Trinajstić information content (AvgIpc) is 3.52. The summed E-state index contributed by atoms with van der Waals surface area (Å²) in [5.74, 6) is 1.59. The van der Waals surface area contributed by atoms with Crippen LogP contribution in [-0.2, 0) is 4.79 Å². The highest BCUT2D eigenvalue weighted by Crippen LogP contribution is 2.41. The zero-order chi connectivity index (χ0) is 22.1. The van der Waals surface area contributed by atoms with E-state index in [9.17, 15) is 4.79 Å². The highest BCUT2D eigenvalue weighted by Gasteiger charge is 2.31. The van der Waals surface area contributed by atoms with Gasteiger partial charge in [0.15, 0.2) is 5.16 Å². The van der Waals surface area contributed by atoms with Gasteiger partial charge in [0, 0.05) is 11.6 Å². The van der Waals surface area contributed by atoms with Gasteiger partial charge in [0.2, 0.25) is 5.91 Å². The Kier molecular flexibility index (Phi) is 5.53. The first-order valence-corrected chi connectivity index (χ1v) is 11.7. The van der Waals surface area contributed by atoms with E-state index in [2.05, 4.69) is 25.2 Å². The lowest BCUT2D eigenvalue weighted by Gasteiger charge is -2.10. The second-order valence-electron chi connectivity index (χ2n) is 7.92. The van der Waals surface area contributed by atoms with Gasteiger partial charge in [-0.2, -0.15) is 5.10 Å². The van der Waals surface area contributed by atoms with E-state index >= 15 is 0 Å². The van der Waals surface area contributed by atoms with Gasteiger partial charge in [-0.15, -0.1) is 10.2 Å². The maximum absolute atomic E-state index is 12.8. The van der Waals surface area contributed by atoms with E-state index in [1.165, 1.54) is 11.8 Å². The van der Waals surface area contributed by atoms with Crippen LogP contribution in [0.1, 0.15) is 36.0 Å². The summed E-state index contributed by atoms with van der Waals surface area (Å²) in [6.45, 7) is 3.87. The van der Waals surface area contributed by atoms with Crippen LogP contribution in [0, 0.1) is 13.8 Å². The van der Waals surface area contributed by atoms with Gasteiger partial charge in [-0.25, -0.2) is 4.68 Å². The predicted octanol–water partition coefficient (Wildman–Crippen LogP) is 4.68. The van der Waals surface area contributed by atoms with Gasteiger partial charge in [0.25, 0.3) is 0 Å². The number of rotatable bonds is 7. The molecule has 4 aromatic rings. The topological polar surface area (TPSA) is 77.6 Å². The summed E-state index contributed by atoms with van der Waals surface area (Å²) < 4.78 is 3.94. The standard InChI is InChI=1S/C24H24N6OS/c1-16-22(17(2)30(28-16)20-11-7-4-8-12-20)25-21(31)15-32-24-27-26-23(18-13-14-18)29(24)19-9-5-3-6-10-19/h3-12,18H,13-15H2,1-2H3,(H,25,31). The van der Waals surface area contributed by atoms with Gasteiger partial charge in [-0.1, -0.05) is 48.2 Å². The number of hydrogen-bond acceptors (Lipinski definition) is 5. The van der Waals surface area contributed by atoms with Crippen LogP contribution in [0.3, 0.4) is 0 Å². The molecule has 8 heteroatoms. The van der Waals surface area contributed by atoms with Crippen molar-refractivity contribution in [3.8, 4) is 11.4 Å². The minimum absolute atomic E-state index is 0.0932. The van der Waals surface area contributed by atoms with Crippen molar-refractivity contribution in [2.24, 2.45) is 0 Å². The molecular formula is C24H24N6OS. The van der Waals surface area contributed by atoms with Crippen LogP contribution in [0.4, 0.5) is 5.69 Å². The largest absolute Gasteiger partial charge is 0.322 e. The Morgan fingerprint density at radius 3 is 2.31 bits per heavy atom. The summed E-state index contributed by atoms with van der Waals surface area (Å²) in [5, 5.41) is 17.2. The number of carbonyl (C=O) groups excluding carboxylic acids is 1. The SMILES string of the molecule is Cc1nn(-c2ccccc2)c(C)c1NC(=O)CSc1nnc(C2CC2)n1-c1ccccc1. The van der Waals surface area contributed by atoms with E-state index in [1.54, 1.807) is 0 Å². The Morgan fingerprint density at radius 1 is 1.00 bits per heavy atom. The molecule has 1 aliphatic rings. The molecule has 0 unspecified atom stereocenters. The second kappa shape index (κ2) is 8.63. The quantitative estimate of drug-likeness (QED) is 0.419. The number of carbonyl (C=O) groups is 1. The van der Waals surface area contributed by atoms with Gasteiger partial charge in [-0.05, 0) is 51.0 Å². The van der Waals surface area contributed by atoms with Gasteiger partial charge in [0.1, 0.15) is 5.82 Å². The summed E-state index contributed by atoms with van der Waals surface area (Å²) in [7, 11) is 0. The molecule has 162 valence electrons. The lowest BCUT2D eigenvalue weighted by Crippen LogP contribution is -2.16. The number of para-hydroxylation sites is 2. The Bertz CT molecular complexity index is 1240. The normalized spacial score (nSPS) is 13.3. The molecule has 0 bridgehead atoms. The van der Waals surface area contributed by atoms with E-state index in [-0.39, 0.29) is 11.7 Å².